The van der Waals surface area contributed by atoms with E-state index >= 15 is 0 Å². The van der Waals surface area contributed by atoms with Crippen molar-refractivity contribution in [1.29, 1.82) is 0 Å². The van der Waals surface area contributed by atoms with Gasteiger partial charge in [-0.2, -0.15) is 4.98 Å². The lowest BCUT2D eigenvalue weighted by Gasteiger charge is -2.59. The van der Waals surface area contributed by atoms with E-state index in [1.54, 1.807) is 0 Å². The Morgan fingerprint density at radius 3 is 1.36 bits per heavy atom. The zero-order chi connectivity index (χ0) is 29.6. The predicted octanol–water partition coefficient (Wildman–Crippen LogP) is 5.59. The summed E-state index contributed by atoms with van der Waals surface area (Å²) in [6, 6.07) is 0. The molecule has 4 rings (SSSR count). The molecule has 3 aliphatic rings. The largest absolute Gasteiger partial charge is 0.393 e. The van der Waals surface area contributed by atoms with Crippen LogP contribution in [0.1, 0.15) is 128 Å². The molecular weight excluding hydrogens is 488 g/mol. The maximum absolute atomic E-state index is 10.9. The second-order valence-corrected chi connectivity index (χ2v) is 16.8. The first kappa shape index (κ1) is 30.4. The van der Waals surface area contributed by atoms with Crippen molar-refractivity contribution in [2.75, 3.05) is 16.8 Å². The van der Waals surface area contributed by atoms with E-state index in [1.165, 1.54) is 6.42 Å². The minimum Gasteiger partial charge on any atom is -0.393 e. The number of nitrogens with zero attached hydrogens (tertiary/aromatic N) is 6. The van der Waals surface area contributed by atoms with Gasteiger partial charge in [-0.3, -0.25) is 4.48 Å². The fraction of sp³-hybridized carbons (Fsp3) is 0.903. The van der Waals surface area contributed by atoms with Gasteiger partial charge in [-0.1, -0.05) is 0 Å². The monoisotopic (exact) mass is 545 g/mol. The van der Waals surface area contributed by atoms with Crippen LogP contribution in [-0.2, 0) is 0 Å². The molecular formula is C31H57N6O2+. The van der Waals surface area contributed by atoms with Crippen LogP contribution in [-0.4, -0.2) is 77.7 Å². The van der Waals surface area contributed by atoms with Gasteiger partial charge in [0, 0.05) is 35.0 Å². The maximum Gasteiger partial charge on any atom is 0.336 e. The van der Waals surface area contributed by atoms with E-state index in [0.29, 0.717) is 36.1 Å². The molecule has 8 nitrogen and oxygen atoms in total. The van der Waals surface area contributed by atoms with Gasteiger partial charge in [-0.25, -0.2) is 0 Å². The summed E-state index contributed by atoms with van der Waals surface area (Å²) in [6.07, 6.45) is 5.28. The highest BCUT2D eigenvalue weighted by Gasteiger charge is 2.60. The Kier molecular flexibility index (Phi) is 7.02. The Morgan fingerprint density at radius 1 is 0.590 bits per heavy atom. The number of hydrogen-bond donors (Lipinski definition) is 2. The molecule has 39 heavy (non-hydrogen) atoms. The van der Waals surface area contributed by atoms with Gasteiger partial charge in [0.2, 0.25) is 11.9 Å². The summed E-state index contributed by atoms with van der Waals surface area (Å²) < 4.78 is 0.506. The van der Waals surface area contributed by atoms with E-state index in [1.807, 2.05) is 0 Å². The van der Waals surface area contributed by atoms with Crippen LogP contribution in [0.2, 0.25) is 0 Å². The van der Waals surface area contributed by atoms with Crippen LogP contribution in [0.5, 0.6) is 0 Å². The summed E-state index contributed by atoms with van der Waals surface area (Å²) in [5.74, 6) is 2.18. The highest BCUT2D eigenvalue weighted by molar-refractivity contribution is 5.53. The third kappa shape index (κ3) is 4.86. The van der Waals surface area contributed by atoms with E-state index in [4.69, 9.17) is 15.0 Å². The number of likely N-dealkylation sites (tertiary alicyclic amines) is 1. The summed E-state index contributed by atoms with van der Waals surface area (Å²) in [6.45, 7) is 26.9. The first-order valence-electron chi connectivity index (χ1n) is 15.1. The van der Waals surface area contributed by atoms with Gasteiger partial charge in [-0.05, 0) is 115 Å². The van der Waals surface area contributed by atoms with Crippen LogP contribution >= 0.6 is 0 Å². The van der Waals surface area contributed by atoms with Gasteiger partial charge in [0.05, 0.1) is 19.3 Å². The van der Waals surface area contributed by atoms with Gasteiger partial charge in [0.25, 0.3) is 0 Å². The van der Waals surface area contributed by atoms with E-state index < -0.39 is 0 Å². The lowest BCUT2D eigenvalue weighted by atomic mass is 9.75. The molecule has 0 bridgehead atoms. The molecule has 3 fully saturated rings. The standard InChI is InChI=1S/C31H57N6O2/c1-26(2)15-14-16-27(3,4)35(26)23-32-24(36-28(5,6)17-21(38)18-29(36,7)8)34-25(33-23)37(13)30(9,10)19-22(39)20-31(37,11)12/h21-22,38-39H,14-20H2,1-13H3/q+1. The van der Waals surface area contributed by atoms with Gasteiger partial charge >= 0.3 is 5.95 Å². The molecule has 0 aliphatic carbocycles. The number of piperidine rings is 3. The Bertz CT molecular complexity index is 1040. The van der Waals surface area contributed by atoms with Crippen LogP contribution in [0.4, 0.5) is 17.8 Å². The number of quaternary nitrogens is 1. The van der Waals surface area contributed by atoms with E-state index in [9.17, 15) is 10.2 Å². The lowest BCUT2D eigenvalue weighted by Crippen LogP contribution is -2.75. The summed E-state index contributed by atoms with van der Waals surface area (Å²) in [5.41, 5.74) is -1.50. The van der Waals surface area contributed by atoms with E-state index in [2.05, 4.69) is 99.9 Å². The van der Waals surface area contributed by atoms with E-state index in [0.717, 1.165) is 24.7 Å². The maximum atomic E-state index is 10.9. The first-order valence-corrected chi connectivity index (χ1v) is 15.1. The van der Waals surface area contributed by atoms with Crippen molar-refractivity contribution in [3.63, 3.8) is 0 Å². The van der Waals surface area contributed by atoms with Crippen molar-refractivity contribution in [1.82, 2.24) is 19.4 Å². The molecule has 2 N–H and O–H groups in total. The number of aromatic nitrogens is 3. The third-order valence-corrected chi connectivity index (χ3v) is 10.8. The minimum absolute atomic E-state index is 0.109. The molecule has 0 unspecified atom stereocenters. The number of rotatable bonds is 3. The third-order valence-electron chi connectivity index (χ3n) is 10.8. The van der Waals surface area contributed by atoms with Gasteiger partial charge in [-0.15, -0.1) is 9.97 Å². The summed E-state index contributed by atoms with van der Waals surface area (Å²) in [7, 11) is 2.25. The zero-order valence-corrected chi connectivity index (χ0v) is 27.2. The van der Waals surface area contributed by atoms with Gasteiger partial charge in [0.1, 0.15) is 11.1 Å². The lowest BCUT2D eigenvalue weighted by molar-refractivity contribution is -0.0624. The van der Waals surface area contributed by atoms with Crippen LogP contribution in [0, 0.1) is 0 Å². The number of aliphatic hydroxyl groups is 2. The predicted molar refractivity (Wildman–Crippen MR) is 161 cm³/mol. The average Bonchev–Trinajstić information content (AvgIpc) is 2.67. The quantitative estimate of drug-likeness (QED) is 0.479. The zero-order valence-electron chi connectivity index (χ0n) is 27.2. The molecule has 4 heterocycles. The van der Waals surface area contributed by atoms with E-state index in [-0.39, 0.29) is 45.4 Å². The van der Waals surface area contributed by atoms with Crippen molar-refractivity contribution >= 4 is 17.8 Å². The second kappa shape index (κ2) is 8.99. The molecule has 0 aromatic carbocycles. The molecule has 0 spiro atoms. The second-order valence-electron chi connectivity index (χ2n) is 16.8. The topological polar surface area (TPSA) is 85.6 Å². The van der Waals surface area contributed by atoms with Gasteiger partial charge < -0.3 is 20.0 Å². The Labute approximate surface area is 237 Å². The molecule has 0 atom stereocenters. The molecule has 3 aliphatic heterocycles. The van der Waals surface area contributed by atoms with Crippen LogP contribution in [0.15, 0.2) is 0 Å². The van der Waals surface area contributed by atoms with Crippen LogP contribution in [0.3, 0.4) is 0 Å². The Hall–Kier alpha value is -1.51. The summed E-state index contributed by atoms with van der Waals surface area (Å²) in [4.78, 5) is 20.8. The average molecular weight is 546 g/mol. The molecule has 222 valence electrons. The summed E-state index contributed by atoms with van der Waals surface area (Å²) in [5, 5.41) is 21.7. The van der Waals surface area contributed by atoms with Crippen molar-refractivity contribution in [2.45, 2.75) is 173 Å². The SMILES string of the molecule is CC1(C)CCCC(C)(C)N1c1nc(N2C(C)(C)CC(O)CC2(C)C)nc([N+]2(C)C(C)(C)CC(O)CC2(C)C)n1. The first-order chi connectivity index (χ1) is 17.5. The van der Waals surface area contributed by atoms with Crippen LogP contribution in [0.25, 0.3) is 0 Å². The fourth-order valence-electron chi connectivity index (χ4n) is 9.00. The normalized spacial score (nSPS) is 33.2. The summed E-state index contributed by atoms with van der Waals surface area (Å²) >= 11 is 0. The van der Waals surface area contributed by atoms with Crippen molar-refractivity contribution in [2.24, 2.45) is 0 Å². The highest BCUT2D eigenvalue weighted by atomic mass is 16.3. The number of hydrogen-bond acceptors (Lipinski definition) is 7. The van der Waals surface area contributed by atoms with Crippen molar-refractivity contribution in [3.8, 4) is 0 Å². The number of anilines is 2. The molecule has 1 aromatic heterocycles. The fourth-order valence-corrected chi connectivity index (χ4v) is 9.00. The van der Waals surface area contributed by atoms with Crippen molar-refractivity contribution < 1.29 is 10.2 Å². The smallest absolute Gasteiger partial charge is 0.336 e. The molecule has 3 saturated heterocycles. The van der Waals surface area contributed by atoms with Crippen LogP contribution < -0.4 is 14.3 Å². The molecule has 1 aromatic rings. The number of aliphatic hydroxyl groups excluding tert-OH is 2. The molecule has 8 heteroatoms. The van der Waals surface area contributed by atoms with Gasteiger partial charge in [0.15, 0.2) is 0 Å². The van der Waals surface area contributed by atoms with Crippen molar-refractivity contribution in [3.05, 3.63) is 0 Å². The molecule has 0 amide bonds. The minimum atomic E-state index is -0.363. The Morgan fingerprint density at radius 2 is 0.949 bits per heavy atom. The Balaban J connectivity index is 2.03. The highest BCUT2D eigenvalue weighted by Crippen LogP contribution is 2.49. The molecule has 0 saturated carbocycles. The molecule has 0 radical (unpaired) electrons.